The van der Waals surface area contributed by atoms with Gasteiger partial charge in [-0.3, -0.25) is 10.1 Å². The second-order valence-corrected chi connectivity index (χ2v) is 4.32. The van der Waals surface area contributed by atoms with Crippen LogP contribution in [0.2, 0.25) is 0 Å². The van der Waals surface area contributed by atoms with Gasteiger partial charge in [-0.05, 0) is 45.2 Å². The van der Waals surface area contributed by atoms with Crippen LogP contribution in [0.3, 0.4) is 0 Å². The molecule has 0 fully saturated rings. The number of nitro groups is 1. The maximum absolute atomic E-state index is 12.5. The summed E-state index contributed by atoms with van der Waals surface area (Å²) in [6.07, 6.45) is -1.77. The Hall–Kier alpha value is -0.130. The fourth-order valence-corrected chi connectivity index (χ4v) is 2.77. The van der Waals surface area contributed by atoms with Crippen molar-refractivity contribution < 1.29 is 13.7 Å². The zero-order chi connectivity index (χ0) is 10.9. The van der Waals surface area contributed by atoms with E-state index in [-0.39, 0.29) is 18.5 Å². The molecule has 0 saturated heterocycles. The molecule has 0 saturated carbocycles. The summed E-state index contributed by atoms with van der Waals surface area (Å²) in [7, 11) is 0. The van der Waals surface area contributed by atoms with Crippen molar-refractivity contribution in [3.05, 3.63) is 29.1 Å². The summed E-state index contributed by atoms with van der Waals surface area (Å²) in [5, 5.41) is 10.4. The lowest BCUT2D eigenvalue weighted by Gasteiger charge is -2.04. The summed E-state index contributed by atoms with van der Waals surface area (Å²) < 4.78 is 25.0. The summed E-state index contributed by atoms with van der Waals surface area (Å²) in [4.78, 5) is 13.2. The quantitative estimate of drug-likeness (QED) is 0.316. The summed E-state index contributed by atoms with van der Waals surface area (Å²) in [6, 6.07) is 0. The van der Waals surface area contributed by atoms with Crippen molar-refractivity contribution in [1.82, 2.24) is 4.98 Å². The first kappa shape index (κ1) is 11.9. The lowest BCUT2D eigenvalue weighted by Crippen LogP contribution is -2.02. The van der Waals surface area contributed by atoms with E-state index in [9.17, 15) is 18.9 Å². The Morgan fingerprint density at radius 1 is 1.50 bits per heavy atom. The van der Waals surface area contributed by atoms with Crippen molar-refractivity contribution in [3.63, 3.8) is 0 Å². The topological polar surface area (TPSA) is 56.0 Å². The molecule has 4 nitrogen and oxygen atoms in total. The highest BCUT2D eigenvalue weighted by Crippen LogP contribution is 2.32. The van der Waals surface area contributed by atoms with Gasteiger partial charge < -0.3 is 0 Å². The second-order valence-electron chi connectivity index (χ2n) is 2.22. The second kappa shape index (κ2) is 4.59. The van der Waals surface area contributed by atoms with Gasteiger partial charge in [0.25, 0.3) is 6.43 Å². The van der Waals surface area contributed by atoms with Crippen LogP contribution in [0.15, 0.2) is 6.20 Å². The van der Waals surface area contributed by atoms with Crippen LogP contribution >= 0.6 is 45.2 Å². The molecule has 0 amide bonds. The minimum Gasteiger partial charge on any atom is -0.258 e. The maximum atomic E-state index is 12.5. The first-order valence-electron chi connectivity index (χ1n) is 3.21. The predicted molar refractivity (Wildman–Crippen MR) is 61.3 cm³/mol. The number of aromatic nitrogens is 1. The van der Waals surface area contributed by atoms with Gasteiger partial charge in [0.2, 0.25) is 0 Å². The molecule has 0 atom stereocenters. The van der Waals surface area contributed by atoms with Crippen LogP contribution in [-0.4, -0.2) is 9.91 Å². The first-order valence-corrected chi connectivity index (χ1v) is 5.37. The van der Waals surface area contributed by atoms with Crippen molar-refractivity contribution in [3.8, 4) is 0 Å². The Labute approximate surface area is 105 Å². The van der Waals surface area contributed by atoms with E-state index in [0.29, 0.717) is 0 Å². The molecular weight excluding hydrogens is 424 g/mol. The first-order chi connectivity index (χ1) is 6.45. The van der Waals surface area contributed by atoms with Crippen molar-refractivity contribution >= 4 is 50.9 Å². The van der Waals surface area contributed by atoms with Crippen molar-refractivity contribution in [2.75, 3.05) is 0 Å². The van der Waals surface area contributed by atoms with E-state index >= 15 is 0 Å². The van der Waals surface area contributed by atoms with Gasteiger partial charge in [-0.15, -0.1) is 0 Å². The van der Waals surface area contributed by atoms with Gasteiger partial charge in [-0.2, -0.15) is 0 Å². The number of rotatable bonds is 2. The molecule has 0 spiro atoms. The third kappa shape index (κ3) is 2.27. The molecule has 8 heteroatoms. The van der Waals surface area contributed by atoms with Crippen LogP contribution < -0.4 is 0 Å². The standard InChI is InChI=1S/C6H2F2I2N2O2/c7-5(8)3-4(9)2(12(13)14)1-11-6(3)10/h1,5H. The Bertz CT molecular complexity index is 386. The van der Waals surface area contributed by atoms with E-state index < -0.39 is 11.3 Å². The largest absolute Gasteiger partial charge is 0.301 e. The molecule has 1 rings (SSSR count). The lowest BCUT2D eigenvalue weighted by molar-refractivity contribution is -0.386. The number of pyridine rings is 1. The number of alkyl halides is 2. The molecule has 0 aromatic carbocycles. The highest BCUT2D eigenvalue weighted by molar-refractivity contribution is 14.1. The third-order valence-electron chi connectivity index (χ3n) is 1.40. The minimum atomic E-state index is -2.75. The van der Waals surface area contributed by atoms with Crippen LogP contribution in [-0.2, 0) is 0 Å². The van der Waals surface area contributed by atoms with Gasteiger partial charge in [-0.25, -0.2) is 13.8 Å². The molecule has 1 aromatic heterocycles. The normalized spacial score (nSPS) is 10.6. The van der Waals surface area contributed by atoms with Crippen molar-refractivity contribution in [2.45, 2.75) is 6.43 Å². The molecule has 76 valence electrons. The van der Waals surface area contributed by atoms with Crippen LogP contribution in [0.4, 0.5) is 14.5 Å². The van der Waals surface area contributed by atoms with E-state index in [2.05, 4.69) is 4.98 Å². The van der Waals surface area contributed by atoms with Crippen LogP contribution in [0.5, 0.6) is 0 Å². The Kier molecular flexibility index (Phi) is 3.92. The molecule has 0 radical (unpaired) electrons. The molecule has 0 aliphatic heterocycles. The van der Waals surface area contributed by atoms with Gasteiger partial charge in [0.05, 0.1) is 10.5 Å². The molecule has 0 aliphatic carbocycles. The zero-order valence-corrected chi connectivity index (χ0v) is 10.7. The van der Waals surface area contributed by atoms with Crippen LogP contribution in [0, 0.1) is 17.4 Å². The average molecular weight is 426 g/mol. The minimum absolute atomic E-state index is 0.0537. The lowest BCUT2D eigenvalue weighted by atomic mass is 10.3. The Balaban J connectivity index is 3.41. The van der Waals surface area contributed by atoms with Crippen molar-refractivity contribution in [2.24, 2.45) is 0 Å². The molecular formula is C6H2F2I2N2O2. The number of halogens is 4. The fraction of sp³-hybridized carbons (Fsp3) is 0.167. The predicted octanol–water partition coefficient (Wildman–Crippen LogP) is 3.14. The maximum Gasteiger partial charge on any atom is 0.301 e. The van der Waals surface area contributed by atoms with Gasteiger partial charge in [0.1, 0.15) is 13.5 Å². The Morgan fingerprint density at radius 2 is 2.07 bits per heavy atom. The van der Waals surface area contributed by atoms with Gasteiger partial charge in [-0.1, -0.05) is 0 Å². The molecule has 0 N–H and O–H groups in total. The van der Waals surface area contributed by atoms with Crippen LogP contribution in [0.1, 0.15) is 12.0 Å². The number of hydrogen-bond donors (Lipinski definition) is 0. The highest BCUT2D eigenvalue weighted by Gasteiger charge is 2.24. The summed E-state index contributed by atoms with van der Waals surface area (Å²) >= 11 is 3.15. The zero-order valence-electron chi connectivity index (χ0n) is 6.38. The third-order valence-corrected chi connectivity index (χ3v) is 3.39. The molecule has 0 bridgehead atoms. The van der Waals surface area contributed by atoms with E-state index in [1.165, 1.54) is 22.6 Å². The van der Waals surface area contributed by atoms with E-state index in [1.54, 1.807) is 22.6 Å². The Morgan fingerprint density at radius 3 is 2.50 bits per heavy atom. The van der Waals surface area contributed by atoms with Gasteiger partial charge in [0, 0.05) is 0 Å². The summed E-state index contributed by atoms with van der Waals surface area (Å²) in [5.74, 6) is 0. The number of nitrogens with zero attached hydrogens (tertiary/aromatic N) is 2. The monoisotopic (exact) mass is 426 g/mol. The molecule has 1 aromatic rings. The van der Waals surface area contributed by atoms with Crippen molar-refractivity contribution in [1.29, 1.82) is 0 Å². The SMILES string of the molecule is O=[N+]([O-])c1cnc(I)c(C(F)F)c1I. The van der Waals surface area contributed by atoms with E-state index in [1.807, 2.05) is 0 Å². The fourth-order valence-electron chi connectivity index (χ4n) is 0.786. The number of hydrogen-bond acceptors (Lipinski definition) is 3. The van der Waals surface area contributed by atoms with Gasteiger partial charge >= 0.3 is 5.69 Å². The van der Waals surface area contributed by atoms with Gasteiger partial charge in [0.15, 0.2) is 0 Å². The van der Waals surface area contributed by atoms with Crippen LogP contribution in [0.25, 0.3) is 0 Å². The van der Waals surface area contributed by atoms with E-state index in [4.69, 9.17) is 0 Å². The average Bonchev–Trinajstić information content (AvgIpc) is 2.02. The summed E-state index contributed by atoms with van der Waals surface area (Å²) in [5.41, 5.74) is -0.762. The molecule has 0 unspecified atom stereocenters. The molecule has 0 aliphatic rings. The summed E-state index contributed by atoms with van der Waals surface area (Å²) in [6.45, 7) is 0. The highest BCUT2D eigenvalue weighted by atomic mass is 127. The van der Waals surface area contributed by atoms with E-state index in [0.717, 1.165) is 6.20 Å². The molecule has 14 heavy (non-hydrogen) atoms. The smallest absolute Gasteiger partial charge is 0.258 e. The molecule has 1 heterocycles.